The van der Waals surface area contributed by atoms with Crippen molar-refractivity contribution in [1.82, 2.24) is 0 Å². The van der Waals surface area contributed by atoms with Crippen molar-refractivity contribution < 1.29 is 14.3 Å². The predicted octanol–water partition coefficient (Wildman–Crippen LogP) is 3.79. The molecule has 0 saturated heterocycles. The largest absolute Gasteiger partial charge is 0.362 e. The number of hydrogen-bond acceptors (Lipinski definition) is 3. The summed E-state index contributed by atoms with van der Waals surface area (Å²) >= 11 is 0. The van der Waals surface area contributed by atoms with E-state index in [2.05, 4.69) is 0 Å². The molecule has 3 heteroatoms. The second kappa shape index (κ2) is 5.35. The van der Waals surface area contributed by atoms with Crippen molar-refractivity contribution in [2.45, 2.75) is 79.9 Å². The van der Waals surface area contributed by atoms with E-state index in [-0.39, 0.29) is 11.2 Å². The maximum atomic E-state index is 12.5. The molecule has 0 amide bonds. The molecule has 19 heavy (non-hydrogen) atoms. The van der Waals surface area contributed by atoms with Crippen LogP contribution in [0, 0.1) is 10.8 Å². The Labute approximate surface area is 118 Å². The van der Waals surface area contributed by atoms with E-state index < -0.39 is 16.6 Å². The van der Waals surface area contributed by atoms with Crippen molar-refractivity contribution >= 4 is 12.1 Å². The average Bonchev–Trinajstić information content (AvgIpc) is 2.11. The second-order valence-corrected chi connectivity index (χ2v) is 8.22. The molecule has 0 fully saturated rings. The van der Waals surface area contributed by atoms with E-state index in [0.29, 0.717) is 6.42 Å². The van der Waals surface area contributed by atoms with Gasteiger partial charge in [-0.3, -0.25) is 4.79 Å². The number of rotatable bonds is 6. The molecule has 0 radical (unpaired) electrons. The summed E-state index contributed by atoms with van der Waals surface area (Å²) in [7, 11) is 0. The summed E-state index contributed by atoms with van der Waals surface area (Å²) < 4.78 is 5.85. The highest BCUT2D eigenvalue weighted by molar-refractivity contribution is 5.88. The van der Waals surface area contributed by atoms with Gasteiger partial charge in [-0.1, -0.05) is 34.6 Å². The summed E-state index contributed by atoms with van der Waals surface area (Å²) in [5.74, 6) is 0.209. The van der Waals surface area contributed by atoms with Crippen LogP contribution in [0.1, 0.15) is 68.7 Å². The molecule has 0 heterocycles. The van der Waals surface area contributed by atoms with E-state index in [1.54, 1.807) is 13.8 Å². The fraction of sp³-hybridized carbons (Fsp3) is 0.875. The first-order chi connectivity index (χ1) is 8.13. The lowest BCUT2D eigenvalue weighted by Crippen LogP contribution is -2.45. The predicted molar refractivity (Wildman–Crippen MR) is 78.2 cm³/mol. The molecule has 0 aromatic rings. The molecular formula is C16H30O3. The number of hydrogen-bond donors (Lipinski definition) is 0. The molecule has 0 aromatic carbocycles. The normalized spacial score (nSPS) is 14.4. The number of carbonyl (C=O) groups is 2. The van der Waals surface area contributed by atoms with Gasteiger partial charge in [0.2, 0.25) is 0 Å². The third kappa shape index (κ3) is 5.85. The minimum Gasteiger partial charge on any atom is -0.362 e. The number of Topliss-reactive ketones (excluding diaryl/α,β-unsaturated/α-hetero) is 1. The first kappa shape index (κ1) is 18.3. The highest BCUT2D eigenvalue weighted by Gasteiger charge is 2.41. The number of aldehydes is 1. The summed E-state index contributed by atoms with van der Waals surface area (Å²) in [6, 6.07) is 0. The van der Waals surface area contributed by atoms with Gasteiger partial charge in [0.25, 0.3) is 0 Å². The zero-order valence-electron chi connectivity index (χ0n) is 14.0. The van der Waals surface area contributed by atoms with Gasteiger partial charge in [0.05, 0.1) is 5.60 Å². The Bertz CT molecular complexity index is 343. The van der Waals surface area contributed by atoms with Gasteiger partial charge < -0.3 is 9.53 Å². The molecule has 0 N–H and O–H groups in total. The smallest absolute Gasteiger partial charge is 0.151 e. The summed E-state index contributed by atoms with van der Waals surface area (Å²) in [6.07, 6.45) is 1.38. The van der Waals surface area contributed by atoms with E-state index in [4.69, 9.17) is 4.74 Å². The monoisotopic (exact) mass is 270 g/mol. The zero-order valence-corrected chi connectivity index (χ0v) is 14.0. The molecule has 0 spiro atoms. The molecule has 0 aromatic heterocycles. The van der Waals surface area contributed by atoms with Crippen LogP contribution >= 0.6 is 0 Å². The first-order valence-electron chi connectivity index (χ1n) is 6.84. The van der Waals surface area contributed by atoms with Crippen LogP contribution in [0.3, 0.4) is 0 Å². The Kier molecular flexibility index (Phi) is 5.16. The van der Waals surface area contributed by atoms with Gasteiger partial charge in [0.1, 0.15) is 11.4 Å². The highest BCUT2D eigenvalue weighted by atomic mass is 16.5. The third-order valence-electron chi connectivity index (χ3n) is 2.99. The van der Waals surface area contributed by atoms with Crippen molar-refractivity contribution in [3.63, 3.8) is 0 Å². The van der Waals surface area contributed by atoms with Gasteiger partial charge in [-0.05, 0) is 34.1 Å². The molecule has 0 atom stereocenters. The summed E-state index contributed by atoms with van der Waals surface area (Å²) in [5, 5.41) is 0. The van der Waals surface area contributed by atoms with Crippen molar-refractivity contribution in [2.24, 2.45) is 10.8 Å². The van der Waals surface area contributed by atoms with Gasteiger partial charge in [0, 0.05) is 10.8 Å². The van der Waals surface area contributed by atoms with Gasteiger partial charge in [0.15, 0.2) is 6.29 Å². The SMILES string of the molecule is CC(C)(C=O)OC(C)(C)CC(C)(C)C(=O)C(C)(C)C. The van der Waals surface area contributed by atoms with Crippen LogP contribution in [0.5, 0.6) is 0 Å². The number of ketones is 1. The molecule has 3 nitrogen and oxygen atoms in total. The van der Waals surface area contributed by atoms with Crippen LogP contribution < -0.4 is 0 Å². The molecule has 0 aliphatic carbocycles. The number of carbonyl (C=O) groups excluding carboxylic acids is 2. The molecule has 0 unspecified atom stereocenters. The fourth-order valence-corrected chi connectivity index (χ4v) is 2.93. The van der Waals surface area contributed by atoms with Crippen LogP contribution in [-0.4, -0.2) is 23.3 Å². The topological polar surface area (TPSA) is 43.4 Å². The lowest BCUT2D eigenvalue weighted by molar-refractivity contribution is -0.159. The molecule has 0 aliphatic rings. The summed E-state index contributed by atoms with van der Waals surface area (Å²) in [5.41, 5.74) is -2.22. The minimum absolute atomic E-state index is 0.209. The van der Waals surface area contributed by atoms with E-state index in [1.807, 2.05) is 48.5 Å². The van der Waals surface area contributed by atoms with Gasteiger partial charge >= 0.3 is 0 Å². The Balaban J connectivity index is 5.01. The zero-order chi connectivity index (χ0) is 15.7. The van der Waals surface area contributed by atoms with Crippen LogP contribution in [0.25, 0.3) is 0 Å². The highest BCUT2D eigenvalue weighted by Crippen LogP contribution is 2.38. The van der Waals surface area contributed by atoms with E-state index in [0.717, 1.165) is 6.29 Å². The van der Waals surface area contributed by atoms with E-state index >= 15 is 0 Å². The molecule has 0 bridgehead atoms. The molecule has 0 aliphatic heterocycles. The Morgan fingerprint density at radius 3 is 1.68 bits per heavy atom. The van der Waals surface area contributed by atoms with Gasteiger partial charge in [-0.15, -0.1) is 0 Å². The second-order valence-electron chi connectivity index (χ2n) is 8.22. The Morgan fingerprint density at radius 2 is 1.37 bits per heavy atom. The Hall–Kier alpha value is -0.700. The van der Waals surface area contributed by atoms with Gasteiger partial charge in [-0.25, -0.2) is 0 Å². The van der Waals surface area contributed by atoms with E-state index in [9.17, 15) is 9.59 Å². The van der Waals surface area contributed by atoms with Crippen LogP contribution in [-0.2, 0) is 14.3 Å². The quantitative estimate of drug-likeness (QED) is 0.690. The Morgan fingerprint density at radius 1 is 0.947 bits per heavy atom. The van der Waals surface area contributed by atoms with Crippen LogP contribution in [0.2, 0.25) is 0 Å². The van der Waals surface area contributed by atoms with Crippen molar-refractivity contribution in [2.75, 3.05) is 0 Å². The number of ether oxygens (including phenoxy) is 1. The fourth-order valence-electron chi connectivity index (χ4n) is 2.93. The van der Waals surface area contributed by atoms with Crippen molar-refractivity contribution in [3.05, 3.63) is 0 Å². The van der Waals surface area contributed by atoms with Crippen LogP contribution in [0.4, 0.5) is 0 Å². The molecule has 0 saturated carbocycles. The van der Waals surface area contributed by atoms with Gasteiger partial charge in [-0.2, -0.15) is 0 Å². The standard InChI is InChI=1S/C16H30O3/c1-13(2,3)12(18)14(4,5)10-15(6,7)19-16(8,9)11-17/h11H,10H2,1-9H3. The molecule has 0 rings (SSSR count). The molecule has 112 valence electrons. The third-order valence-corrected chi connectivity index (χ3v) is 2.99. The van der Waals surface area contributed by atoms with Crippen molar-refractivity contribution in [3.8, 4) is 0 Å². The maximum Gasteiger partial charge on any atom is 0.151 e. The average molecular weight is 270 g/mol. The minimum atomic E-state index is -0.829. The summed E-state index contributed by atoms with van der Waals surface area (Å²) in [4.78, 5) is 23.4. The summed E-state index contributed by atoms with van der Waals surface area (Å²) in [6.45, 7) is 17.0. The van der Waals surface area contributed by atoms with Crippen molar-refractivity contribution in [1.29, 1.82) is 0 Å². The lowest BCUT2D eigenvalue weighted by atomic mass is 9.70. The first-order valence-corrected chi connectivity index (χ1v) is 6.84. The van der Waals surface area contributed by atoms with Crippen LogP contribution in [0.15, 0.2) is 0 Å². The molecular weight excluding hydrogens is 240 g/mol. The lowest BCUT2D eigenvalue weighted by Gasteiger charge is -2.40. The maximum absolute atomic E-state index is 12.5. The van der Waals surface area contributed by atoms with E-state index in [1.165, 1.54) is 0 Å².